The number of benzene rings is 1. The maximum Gasteiger partial charge on any atom is 0.0198 e. The van der Waals surface area contributed by atoms with Crippen LogP contribution < -0.4 is 5.32 Å². The molecule has 0 saturated carbocycles. The first-order valence-corrected chi connectivity index (χ1v) is 8.20. The zero-order valence-corrected chi connectivity index (χ0v) is 13.1. The molecule has 0 saturated heterocycles. The lowest BCUT2D eigenvalue weighted by atomic mass is 9.97. The largest absolute Gasteiger partial charge is 0.313 e. The third-order valence-electron chi connectivity index (χ3n) is 3.26. The summed E-state index contributed by atoms with van der Waals surface area (Å²) < 4.78 is 0. The number of thioether (sulfide) groups is 1. The van der Waals surface area contributed by atoms with Crippen molar-refractivity contribution in [3.8, 4) is 0 Å². The molecule has 0 amide bonds. The van der Waals surface area contributed by atoms with Crippen molar-refractivity contribution in [1.29, 1.82) is 0 Å². The Bertz CT molecular complexity index is 329. The van der Waals surface area contributed by atoms with Crippen molar-refractivity contribution in [1.82, 2.24) is 5.32 Å². The summed E-state index contributed by atoms with van der Waals surface area (Å²) in [4.78, 5) is 0. The molecule has 0 bridgehead atoms. The second kappa shape index (κ2) is 8.60. The van der Waals surface area contributed by atoms with E-state index in [1.54, 1.807) is 0 Å². The molecule has 1 aromatic rings. The summed E-state index contributed by atoms with van der Waals surface area (Å²) in [5.41, 5.74) is 4.39. The van der Waals surface area contributed by atoms with E-state index in [0.29, 0.717) is 6.04 Å². The van der Waals surface area contributed by atoms with Gasteiger partial charge in [-0.25, -0.2) is 0 Å². The summed E-state index contributed by atoms with van der Waals surface area (Å²) in [6.45, 7) is 9.96. The summed E-state index contributed by atoms with van der Waals surface area (Å²) in [7, 11) is 0. The fraction of sp³-hybridized carbons (Fsp3) is 0.625. The summed E-state index contributed by atoms with van der Waals surface area (Å²) in [6.07, 6.45) is 2.43. The Morgan fingerprint density at radius 1 is 1.17 bits per heavy atom. The van der Waals surface area contributed by atoms with Gasteiger partial charge in [0.1, 0.15) is 0 Å². The topological polar surface area (TPSA) is 12.0 Å². The molecular weight excluding hydrogens is 238 g/mol. The molecule has 0 spiro atoms. The van der Waals surface area contributed by atoms with E-state index in [-0.39, 0.29) is 0 Å². The van der Waals surface area contributed by atoms with Crippen molar-refractivity contribution in [3.05, 3.63) is 34.9 Å². The van der Waals surface area contributed by atoms with Crippen LogP contribution in [0.15, 0.2) is 18.2 Å². The van der Waals surface area contributed by atoms with Gasteiger partial charge in [-0.3, -0.25) is 0 Å². The first-order chi connectivity index (χ1) is 8.69. The van der Waals surface area contributed by atoms with Crippen molar-refractivity contribution < 1.29 is 0 Å². The van der Waals surface area contributed by atoms with Gasteiger partial charge in [-0.1, -0.05) is 32.0 Å². The molecule has 0 aliphatic carbocycles. The number of hydrogen-bond acceptors (Lipinski definition) is 2. The molecule has 1 aromatic carbocycles. The predicted octanol–water partition coefficient (Wildman–Crippen LogP) is 3.97. The van der Waals surface area contributed by atoms with Crippen LogP contribution in [0.5, 0.6) is 0 Å². The minimum atomic E-state index is 0.603. The molecule has 102 valence electrons. The van der Waals surface area contributed by atoms with Gasteiger partial charge in [0.2, 0.25) is 0 Å². The van der Waals surface area contributed by atoms with Crippen molar-refractivity contribution in [3.63, 3.8) is 0 Å². The predicted molar refractivity (Wildman–Crippen MR) is 84.7 cm³/mol. The van der Waals surface area contributed by atoms with E-state index >= 15 is 0 Å². The van der Waals surface area contributed by atoms with Gasteiger partial charge in [-0.05, 0) is 55.7 Å². The summed E-state index contributed by atoms with van der Waals surface area (Å²) in [6, 6.07) is 7.21. The monoisotopic (exact) mass is 265 g/mol. The Balaban J connectivity index is 2.64. The molecule has 2 heteroatoms. The first-order valence-electron chi connectivity index (χ1n) is 7.05. The van der Waals surface area contributed by atoms with Gasteiger partial charge < -0.3 is 5.32 Å². The average Bonchev–Trinajstić information content (AvgIpc) is 2.34. The van der Waals surface area contributed by atoms with Gasteiger partial charge in [-0.15, -0.1) is 0 Å². The second-order valence-electron chi connectivity index (χ2n) is 4.90. The number of rotatable bonds is 8. The van der Waals surface area contributed by atoms with E-state index < -0.39 is 0 Å². The molecule has 0 radical (unpaired) electrons. The molecule has 1 rings (SSSR count). The first kappa shape index (κ1) is 15.6. The summed E-state index contributed by atoms with van der Waals surface area (Å²) in [5.74, 6) is 2.49. The molecule has 0 aromatic heterocycles. The summed E-state index contributed by atoms with van der Waals surface area (Å²) in [5, 5.41) is 3.62. The fourth-order valence-electron chi connectivity index (χ4n) is 2.27. The fourth-order valence-corrected chi connectivity index (χ4v) is 3.24. The molecule has 1 unspecified atom stereocenters. The molecule has 1 atom stereocenters. The lowest BCUT2D eigenvalue weighted by molar-refractivity contribution is 0.570. The molecule has 1 nitrogen and oxygen atoms in total. The smallest absolute Gasteiger partial charge is 0.0198 e. The highest BCUT2D eigenvalue weighted by molar-refractivity contribution is 7.99. The zero-order valence-electron chi connectivity index (χ0n) is 12.3. The molecule has 0 aliphatic heterocycles. The standard InChI is InChI=1S/C16H27NS/c1-5-10-18-12-15(17-6-2)11-16-13(3)8-7-9-14(16)4/h7-9,15,17H,5-6,10-12H2,1-4H3. The van der Waals surface area contributed by atoms with Crippen LogP contribution in [-0.4, -0.2) is 24.1 Å². The van der Waals surface area contributed by atoms with Gasteiger partial charge in [0.05, 0.1) is 0 Å². The Morgan fingerprint density at radius 2 is 1.83 bits per heavy atom. The van der Waals surface area contributed by atoms with E-state index in [0.717, 1.165) is 13.0 Å². The molecule has 0 fully saturated rings. The van der Waals surface area contributed by atoms with Crippen LogP contribution in [0.25, 0.3) is 0 Å². The van der Waals surface area contributed by atoms with E-state index in [1.807, 2.05) is 0 Å². The molecule has 18 heavy (non-hydrogen) atoms. The Labute approximate surface area is 117 Å². The Hall–Kier alpha value is -0.470. The lowest BCUT2D eigenvalue weighted by Gasteiger charge is -2.20. The number of aryl methyl sites for hydroxylation is 2. The van der Waals surface area contributed by atoms with Crippen LogP contribution >= 0.6 is 11.8 Å². The summed E-state index contributed by atoms with van der Waals surface area (Å²) >= 11 is 2.07. The lowest BCUT2D eigenvalue weighted by Crippen LogP contribution is -2.33. The minimum absolute atomic E-state index is 0.603. The van der Waals surface area contributed by atoms with Crippen LogP contribution in [0, 0.1) is 13.8 Å². The van der Waals surface area contributed by atoms with Gasteiger partial charge in [0, 0.05) is 11.8 Å². The van der Waals surface area contributed by atoms with Crippen LogP contribution in [-0.2, 0) is 6.42 Å². The Kier molecular flexibility index (Phi) is 7.45. The number of hydrogen-bond donors (Lipinski definition) is 1. The third-order valence-corrected chi connectivity index (χ3v) is 4.59. The maximum atomic E-state index is 3.62. The highest BCUT2D eigenvalue weighted by Crippen LogP contribution is 2.17. The quantitative estimate of drug-likeness (QED) is 0.714. The van der Waals surface area contributed by atoms with Crippen molar-refractivity contribution in [2.45, 2.75) is 46.6 Å². The van der Waals surface area contributed by atoms with Crippen LogP contribution in [0.2, 0.25) is 0 Å². The average molecular weight is 265 g/mol. The molecular formula is C16H27NS. The van der Waals surface area contributed by atoms with E-state index in [9.17, 15) is 0 Å². The highest BCUT2D eigenvalue weighted by Gasteiger charge is 2.11. The SMILES string of the molecule is CCCSCC(Cc1c(C)cccc1C)NCC. The second-order valence-corrected chi connectivity index (χ2v) is 6.05. The number of likely N-dealkylation sites (N-methyl/N-ethyl adjacent to an activating group) is 1. The highest BCUT2D eigenvalue weighted by atomic mass is 32.2. The van der Waals surface area contributed by atoms with Gasteiger partial charge in [0.25, 0.3) is 0 Å². The van der Waals surface area contributed by atoms with Gasteiger partial charge >= 0.3 is 0 Å². The zero-order chi connectivity index (χ0) is 13.4. The molecule has 0 aliphatic rings. The minimum Gasteiger partial charge on any atom is -0.313 e. The maximum absolute atomic E-state index is 3.62. The van der Waals surface area contributed by atoms with Crippen LogP contribution in [0.3, 0.4) is 0 Å². The molecule has 0 heterocycles. The van der Waals surface area contributed by atoms with Crippen molar-refractivity contribution in [2.24, 2.45) is 0 Å². The van der Waals surface area contributed by atoms with Crippen LogP contribution in [0.1, 0.15) is 37.0 Å². The van der Waals surface area contributed by atoms with Crippen molar-refractivity contribution >= 4 is 11.8 Å². The normalized spacial score (nSPS) is 12.7. The van der Waals surface area contributed by atoms with Gasteiger partial charge in [0.15, 0.2) is 0 Å². The van der Waals surface area contributed by atoms with Crippen LogP contribution in [0.4, 0.5) is 0 Å². The van der Waals surface area contributed by atoms with E-state index in [1.165, 1.54) is 34.6 Å². The van der Waals surface area contributed by atoms with Gasteiger partial charge in [-0.2, -0.15) is 11.8 Å². The van der Waals surface area contributed by atoms with Crippen molar-refractivity contribution in [2.75, 3.05) is 18.1 Å². The Morgan fingerprint density at radius 3 is 2.39 bits per heavy atom. The van der Waals surface area contributed by atoms with E-state index in [2.05, 4.69) is 63.0 Å². The third kappa shape index (κ3) is 5.03. The van der Waals surface area contributed by atoms with E-state index in [4.69, 9.17) is 0 Å². The molecule has 1 N–H and O–H groups in total. The number of nitrogens with one attached hydrogen (secondary N) is 1.